The molecule has 1 fully saturated rings. The topological polar surface area (TPSA) is 44.5 Å². The van der Waals surface area contributed by atoms with Crippen molar-refractivity contribution in [3.63, 3.8) is 0 Å². The molecule has 0 amide bonds. The fraction of sp³-hybridized carbons (Fsp3) is 0.538. The molecule has 4 heteroatoms. The molecule has 1 aromatic rings. The summed E-state index contributed by atoms with van der Waals surface area (Å²) in [7, 11) is 0. The van der Waals surface area contributed by atoms with Crippen LogP contribution in [0.25, 0.3) is 0 Å². The molecule has 0 aromatic heterocycles. The van der Waals surface area contributed by atoms with Crippen LogP contribution in [-0.2, 0) is 4.74 Å². The van der Waals surface area contributed by atoms with E-state index < -0.39 is 0 Å². The molecule has 3 nitrogen and oxygen atoms in total. The molecular weight excluding hydrogens is 238 g/mol. The summed E-state index contributed by atoms with van der Waals surface area (Å²) in [6.45, 7) is 2.05. The monoisotopic (exact) mass is 255 g/mol. The Balaban J connectivity index is 1.74. The lowest BCUT2D eigenvalue weighted by Gasteiger charge is -2.28. The van der Waals surface area contributed by atoms with E-state index in [1.807, 2.05) is 24.3 Å². The Hall–Kier alpha value is -0.770. The molecule has 0 spiro atoms. The standard InChI is InChI=1S/C13H18ClNO2/c14-11-2-5-12(6-3-11)16-8-10-1-4-13(7-15)17-9-10/h2-3,5-6,10,13H,1,4,7-9,15H2. The maximum atomic E-state index is 5.81. The Morgan fingerprint density at radius 3 is 2.65 bits per heavy atom. The molecule has 0 saturated carbocycles. The van der Waals surface area contributed by atoms with Crippen LogP contribution in [0.3, 0.4) is 0 Å². The Bertz CT molecular complexity index is 334. The quantitative estimate of drug-likeness (QED) is 0.899. The second-order valence-electron chi connectivity index (χ2n) is 4.40. The first-order chi connectivity index (χ1) is 8.28. The van der Waals surface area contributed by atoms with E-state index >= 15 is 0 Å². The lowest BCUT2D eigenvalue weighted by molar-refractivity contribution is -0.0219. The molecular formula is C13H18ClNO2. The molecule has 0 bridgehead atoms. The molecule has 1 aromatic carbocycles. The van der Waals surface area contributed by atoms with Crippen molar-refractivity contribution >= 4 is 11.6 Å². The van der Waals surface area contributed by atoms with Crippen LogP contribution in [-0.4, -0.2) is 25.9 Å². The number of rotatable bonds is 4. The summed E-state index contributed by atoms with van der Waals surface area (Å²) in [5.41, 5.74) is 5.56. The number of ether oxygens (including phenoxy) is 2. The highest BCUT2D eigenvalue weighted by molar-refractivity contribution is 6.30. The number of hydrogen-bond acceptors (Lipinski definition) is 3. The highest BCUT2D eigenvalue weighted by atomic mass is 35.5. The highest BCUT2D eigenvalue weighted by Gasteiger charge is 2.20. The Kier molecular flexibility index (Phi) is 4.66. The fourth-order valence-corrected chi connectivity index (χ4v) is 2.05. The van der Waals surface area contributed by atoms with Gasteiger partial charge in [0.2, 0.25) is 0 Å². The van der Waals surface area contributed by atoms with Crippen molar-refractivity contribution in [3.05, 3.63) is 29.3 Å². The van der Waals surface area contributed by atoms with Crippen molar-refractivity contribution < 1.29 is 9.47 Å². The van der Waals surface area contributed by atoms with Gasteiger partial charge in [0.25, 0.3) is 0 Å². The fourth-order valence-electron chi connectivity index (χ4n) is 1.92. The molecule has 0 radical (unpaired) electrons. The van der Waals surface area contributed by atoms with E-state index in [9.17, 15) is 0 Å². The van der Waals surface area contributed by atoms with Gasteiger partial charge in [-0.25, -0.2) is 0 Å². The summed E-state index contributed by atoms with van der Waals surface area (Å²) in [6, 6.07) is 7.43. The van der Waals surface area contributed by atoms with Gasteiger partial charge in [0.1, 0.15) is 5.75 Å². The zero-order valence-electron chi connectivity index (χ0n) is 9.77. The van der Waals surface area contributed by atoms with Crippen molar-refractivity contribution in [1.82, 2.24) is 0 Å². The molecule has 94 valence electrons. The van der Waals surface area contributed by atoms with E-state index in [0.717, 1.165) is 30.2 Å². The van der Waals surface area contributed by atoms with Gasteiger partial charge in [0.15, 0.2) is 0 Å². The highest BCUT2D eigenvalue weighted by Crippen LogP contribution is 2.21. The SMILES string of the molecule is NCC1CCC(COc2ccc(Cl)cc2)CO1. The number of nitrogens with two attached hydrogens (primary N) is 1. The zero-order chi connectivity index (χ0) is 12.1. The predicted molar refractivity (Wildman–Crippen MR) is 68.5 cm³/mol. The van der Waals surface area contributed by atoms with Gasteiger partial charge in [-0.3, -0.25) is 0 Å². The predicted octanol–water partition coefficient (Wildman–Crippen LogP) is 2.47. The van der Waals surface area contributed by atoms with E-state index in [0.29, 0.717) is 19.1 Å². The molecule has 1 heterocycles. The summed E-state index contributed by atoms with van der Waals surface area (Å²) in [4.78, 5) is 0. The largest absolute Gasteiger partial charge is 0.493 e. The van der Waals surface area contributed by atoms with E-state index in [4.69, 9.17) is 26.8 Å². The van der Waals surface area contributed by atoms with E-state index in [1.54, 1.807) is 0 Å². The third-order valence-electron chi connectivity index (χ3n) is 3.03. The average Bonchev–Trinajstić information content (AvgIpc) is 2.39. The first-order valence-electron chi connectivity index (χ1n) is 5.98. The van der Waals surface area contributed by atoms with Crippen molar-refractivity contribution in [2.24, 2.45) is 11.7 Å². The Morgan fingerprint density at radius 1 is 1.29 bits per heavy atom. The van der Waals surface area contributed by atoms with Crippen LogP contribution in [0.15, 0.2) is 24.3 Å². The summed E-state index contributed by atoms with van der Waals surface area (Å²) in [6.07, 6.45) is 2.39. The van der Waals surface area contributed by atoms with E-state index in [2.05, 4.69) is 0 Å². The van der Waals surface area contributed by atoms with Crippen LogP contribution in [0.5, 0.6) is 5.75 Å². The molecule has 1 saturated heterocycles. The second-order valence-corrected chi connectivity index (χ2v) is 4.84. The van der Waals surface area contributed by atoms with Crippen LogP contribution < -0.4 is 10.5 Å². The van der Waals surface area contributed by atoms with Gasteiger partial charge in [0, 0.05) is 17.5 Å². The van der Waals surface area contributed by atoms with Crippen LogP contribution in [0.2, 0.25) is 5.02 Å². The minimum absolute atomic E-state index is 0.238. The van der Waals surface area contributed by atoms with Gasteiger partial charge in [-0.15, -0.1) is 0 Å². The molecule has 2 atom stereocenters. The van der Waals surface area contributed by atoms with Gasteiger partial charge in [0.05, 0.1) is 19.3 Å². The van der Waals surface area contributed by atoms with Crippen LogP contribution in [0.1, 0.15) is 12.8 Å². The Labute approximate surface area is 107 Å². The maximum absolute atomic E-state index is 5.81. The third kappa shape index (κ3) is 3.87. The minimum atomic E-state index is 0.238. The zero-order valence-corrected chi connectivity index (χ0v) is 10.5. The number of halogens is 1. The normalized spacial score (nSPS) is 24.6. The molecule has 2 rings (SSSR count). The number of hydrogen-bond donors (Lipinski definition) is 1. The summed E-state index contributed by atoms with van der Waals surface area (Å²) >= 11 is 5.81. The molecule has 17 heavy (non-hydrogen) atoms. The summed E-state index contributed by atoms with van der Waals surface area (Å²) in [5.74, 6) is 1.32. The minimum Gasteiger partial charge on any atom is -0.493 e. The first kappa shape index (κ1) is 12.7. The van der Waals surface area contributed by atoms with E-state index in [1.165, 1.54) is 0 Å². The van der Waals surface area contributed by atoms with Gasteiger partial charge in [-0.1, -0.05) is 11.6 Å². The summed E-state index contributed by atoms with van der Waals surface area (Å²) in [5, 5.41) is 0.726. The summed E-state index contributed by atoms with van der Waals surface area (Å²) < 4.78 is 11.3. The lowest BCUT2D eigenvalue weighted by atomic mass is 9.99. The smallest absolute Gasteiger partial charge is 0.119 e. The van der Waals surface area contributed by atoms with Crippen molar-refractivity contribution in [2.45, 2.75) is 18.9 Å². The molecule has 1 aliphatic heterocycles. The molecule has 2 N–H and O–H groups in total. The first-order valence-corrected chi connectivity index (χ1v) is 6.35. The average molecular weight is 256 g/mol. The third-order valence-corrected chi connectivity index (χ3v) is 3.28. The Morgan fingerprint density at radius 2 is 2.06 bits per heavy atom. The molecule has 0 aliphatic carbocycles. The lowest BCUT2D eigenvalue weighted by Crippen LogP contribution is -2.33. The maximum Gasteiger partial charge on any atom is 0.119 e. The van der Waals surface area contributed by atoms with Crippen LogP contribution in [0, 0.1) is 5.92 Å². The van der Waals surface area contributed by atoms with Crippen LogP contribution in [0.4, 0.5) is 0 Å². The van der Waals surface area contributed by atoms with Crippen LogP contribution >= 0.6 is 11.6 Å². The van der Waals surface area contributed by atoms with Gasteiger partial charge < -0.3 is 15.2 Å². The van der Waals surface area contributed by atoms with Gasteiger partial charge in [-0.05, 0) is 37.1 Å². The van der Waals surface area contributed by atoms with Gasteiger partial charge >= 0.3 is 0 Å². The van der Waals surface area contributed by atoms with E-state index in [-0.39, 0.29) is 6.10 Å². The number of benzene rings is 1. The van der Waals surface area contributed by atoms with Crippen molar-refractivity contribution in [1.29, 1.82) is 0 Å². The van der Waals surface area contributed by atoms with Gasteiger partial charge in [-0.2, -0.15) is 0 Å². The molecule has 1 aliphatic rings. The van der Waals surface area contributed by atoms with Crippen molar-refractivity contribution in [2.75, 3.05) is 19.8 Å². The van der Waals surface area contributed by atoms with Crippen molar-refractivity contribution in [3.8, 4) is 5.75 Å². The second kappa shape index (κ2) is 6.24. The molecule has 2 unspecified atom stereocenters.